The van der Waals surface area contributed by atoms with Crippen LogP contribution in [0.15, 0.2) is 54.6 Å². The lowest BCUT2D eigenvalue weighted by atomic mass is 10.0. The Morgan fingerprint density at radius 1 is 1.03 bits per heavy atom. The molecule has 3 aromatic rings. The van der Waals surface area contributed by atoms with Gasteiger partial charge in [-0.25, -0.2) is 0 Å². The number of non-ortho nitro benzene ring substituents is 1. The van der Waals surface area contributed by atoms with Crippen LogP contribution < -0.4 is 15.5 Å². The first-order valence-corrected chi connectivity index (χ1v) is 10.2. The first-order chi connectivity index (χ1) is 16.2. The fourth-order valence-corrected chi connectivity index (χ4v) is 3.81. The zero-order valence-electron chi connectivity index (χ0n) is 18.2. The van der Waals surface area contributed by atoms with Crippen LogP contribution in [0, 0.1) is 34.1 Å². The van der Waals surface area contributed by atoms with Gasteiger partial charge in [0.05, 0.1) is 32.9 Å². The SMILES string of the molecule is Cc1ccc(Nc2c(C(=O)N3CC(=O)Nc4ccccc43)cc([N+](=O)[O-])cc2[N+](=O)[O-])c(C)c1. The minimum Gasteiger partial charge on any atom is -0.349 e. The number of rotatable bonds is 5. The van der Waals surface area contributed by atoms with E-state index in [1.165, 1.54) is 0 Å². The van der Waals surface area contributed by atoms with Gasteiger partial charge in [0, 0.05) is 11.8 Å². The maximum absolute atomic E-state index is 13.7. The third kappa shape index (κ3) is 4.13. The van der Waals surface area contributed by atoms with E-state index in [1.54, 1.807) is 43.3 Å². The summed E-state index contributed by atoms with van der Waals surface area (Å²) in [5, 5.41) is 29.0. The Morgan fingerprint density at radius 3 is 2.44 bits per heavy atom. The highest BCUT2D eigenvalue weighted by atomic mass is 16.6. The second kappa shape index (κ2) is 8.62. The van der Waals surface area contributed by atoms with Crippen LogP contribution in [0.3, 0.4) is 0 Å². The Balaban J connectivity index is 1.91. The summed E-state index contributed by atoms with van der Waals surface area (Å²) >= 11 is 0. The number of para-hydroxylation sites is 2. The molecule has 2 amide bonds. The molecule has 0 unspecified atom stereocenters. The van der Waals surface area contributed by atoms with Gasteiger partial charge in [0.1, 0.15) is 12.2 Å². The standard InChI is InChI=1S/C23H19N5O6/c1-13-7-8-17(14(2)9-13)25-22-16(10-15(27(31)32)11-20(22)28(33)34)23(30)26-12-21(29)24-18-5-3-4-6-19(18)26/h3-11,25H,12H2,1-2H3,(H,24,29). The summed E-state index contributed by atoms with van der Waals surface area (Å²) in [6, 6.07) is 13.7. The second-order valence-corrected chi connectivity index (χ2v) is 7.80. The van der Waals surface area contributed by atoms with E-state index in [2.05, 4.69) is 10.6 Å². The molecule has 0 saturated carbocycles. The molecule has 172 valence electrons. The summed E-state index contributed by atoms with van der Waals surface area (Å²) < 4.78 is 0. The van der Waals surface area contributed by atoms with Gasteiger partial charge in [-0.2, -0.15) is 0 Å². The van der Waals surface area contributed by atoms with Gasteiger partial charge in [-0.05, 0) is 37.6 Å². The van der Waals surface area contributed by atoms with Crippen molar-refractivity contribution in [2.75, 3.05) is 22.1 Å². The molecule has 0 aliphatic carbocycles. The summed E-state index contributed by atoms with van der Waals surface area (Å²) in [5.74, 6) is -1.25. The molecule has 11 heteroatoms. The van der Waals surface area contributed by atoms with Crippen LogP contribution in [0.5, 0.6) is 0 Å². The number of nitrogens with zero attached hydrogens (tertiary/aromatic N) is 3. The van der Waals surface area contributed by atoms with Crippen LogP contribution >= 0.6 is 0 Å². The first-order valence-electron chi connectivity index (χ1n) is 10.2. The summed E-state index contributed by atoms with van der Waals surface area (Å²) in [4.78, 5) is 48.9. The van der Waals surface area contributed by atoms with Crippen LogP contribution in [0.25, 0.3) is 0 Å². The maximum atomic E-state index is 13.7. The molecule has 2 N–H and O–H groups in total. The third-order valence-corrected chi connectivity index (χ3v) is 5.40. The molecule has 0 spiro atoms. The number of amides is 2. The molecule has 3 aromatic carbocycles. The second-order valence-electron chi connectivity index (χ2n) is 7.80. The topological polar surface area (TPSA) is 148 Å². The molecule has 1 heterocycles. The van der Waals surface area contributed by atoms with Crippen molar-refractivity contribution in [1.29, 1.82) is 0 Å². The number of fused-ring (bicyclic) bond motifs is 1. The van der Waals surface area contributed by atoms with Crippen LogP contribution in [0.4, 0.5) is 34.1 Å². The number of hydrogen-bond donors (Lipinski definition) is 2. The summed E-state index contributed by atoms with van der Waals surface area (Å²) in [5.41, 5.74) is 1.23. The minimum atomic E-state index is -0.804. The van der Waals surface area contributed by atoms with Crippen LogP contribution in [-0.2, 0) is 4.79 Å². The molecule has 11 nitrogen and oxygen atoms in total. The lowest BCUT2D eigenvalue weighted by Crippen LogP contribution is -2.42. The maximum Gasteiger partial charge on any atom is 0.300 e. The first kappa shape index (κ1) is 22.4. The Morgan fingerprint density at radius 2 is 1.76 bits per heavy atom. The predicted molar refractivity (Wildman–Crippen MR) is 126 cm³/mol. The van der Waals surface area contributed by atoms with Crippen molar-refractivity contribution in [3.8, 4) is 0 Å². The van der Waals surface area contributed by atoms with E-state index in [1.807, 2.05) is 13.0 Å². The number of nitro groups is 2. The lowest BCUT2D eigenvalue weighted by molar-refractivity contribution is -0.393. The van der Waals surface area contributed by atoms with Gasteiger partial charge < -0.3 is 10.6 Å². The number of benzene rings is 3. The number of aryl methyl sites for hydroxylation is 2. The molecular formula is C23H19N5O6. The monoisotopic (exact) mass is 461 g/mol. The zero-order chi connectivity index (χ0) is 24.6. The molecule has 1 aliphatic heterocycles. The molecule has 0 atom stereocenters. The Kier molecular flexibility index (Phi) is 5.68. The largest absolute Gasteiger partial charge is 0.349 e. The van der Waals surface area contributed by atoms with Crippen molar-refractivity contribution in [3.63, 3.8) is 0 Å². The molecule has 0 aromatic heterocycles. The molecule has 0 radical (unpaired) electrons. The highest BCUT2D eigenvalue weighted by Crippen LogP contribution is 2.39. The number of carbonyl (C=O) groups is 2. The van der Waals surface area contributed by atoms with E-state index >= 15 is 0 Å². The molecule has 0 saturated heterocycles. The number of nitrogens with one attached hydrogen (secondary N) is 2. The van der Waals surface area contributed by atoms with Crippen molar-refractivity contribution in [2.45, 2.75) is 13.8 Å². The van der Waals surface area contributed by atoms with Crippen molar-refractivity contribution >= 4 is 45.9 Å². The van der Waals surface area contributed by atoms with Crippen molar-refractivity contribution in [3.05, 3.63) is 91.5 Å². The van der Waals surface area contributed by atoms with Gasteiger partial charge in [-0.15, -0.1) is 0 Å². The Bertz CT molecular complexity index is 1370. The molecule has 0 fully saturated rings. The molecule has 34 heavy (non-hydrogen) atoms. The van der Waals surface area contributed by atoms with Crippen LogP contribution in [0.1, 0.15) is 21.5 Å². The molecular weight excluding hydrogens is 442 g/mol. The van der Waals surface area contributed by atoms with Crippen molar-refractivity contribution in [2.24, 2.45) is 0 Å². The van der Waals surface area contributed by atoms with Crippen molar-refractivity contribution in [1.82, 2.24) is 0 Å². The lowest BCUT2D eigenvalue weighted by Gasteiger charge is -2.29. The smallest absolute Gasteiger partial charge is 0.300 e. The number of nitro benzene ring substituents is 2. The third-order valence-electron chi connectivity index (χ3n) is 5.40. The minimum absolute atomic E-state index is 0.198. The zero-order valence-corrected chi connectivity index (χ0v) is 18.2. The number of hydrogen-bond acceptors (Lipinski definition) is 7. The van der Waals surface area contributed by atoms with E-state index in [9.17, 15) is 29.8 Å². The Hall–Kier alpha value is -4.80. The Labute approximate surface area is 193 Å². The highest BCUT2D eigenvalue weighted by molar-refractivity contribution is 6.18. The van der Waals surface area contributed by atoms with Gasteiger partial charge in [0.25, 0.3) is 17.3 Å². The predicted octanol–water partition coefficient (Wildman–Crippen LogP) is 4.46. The van der Waals surface area contributed by atoms with E-state index in [0.717, 1.165) is 28.2 Å². The molecule has 4 rings (SSSR count). The highest BCUT2D eigenvalue weighted by Gasteiger charge is 2.33. The number of carbonyl (C=O) groups excluding carboxylic acids is 2. The van der Waals surface area contributed by atoms with Gasteiger partial charge in [-0.1, -0.05) is 29.8 Å². The quantitative estimate of drug-likeness (QED) is 0.421. The normalized spacial score (nSPS) is 12.5. The summed E-state index contributed by atoms with van der Waals surface area (Å²) in [6.45, 7) is 3.33. The number of anilines is 4. The molecule has 1 aliphatic rings. The molecule has 0 bridgehead atoms. The fourth-order valence-electron chi connectivity index (χ4n) is 3.81. The van der Waals surface area contributed by atoms with Gasteiger partial charge >= 0.3 is 0 Å². The van der Waals surface area contributed by atoms with E-state index in [4.69, 9.17) is 0 Å². The fraction of sp³-hybridized carbons (Fsp3) is 0.130. The summed E-state index contributed by atoms with van der Waals surface area (Å²) in [6.07, 6.45) is 0. The van der Waals surface area contributed by atoms with Gasteiger partial charge in [0.2, 0.25) is 5.91 Å². The average molecular weight is 461 g/mol. The summed E-state index contributed by atoms with van der Waals surface area (Å²) in [7, 11) is 0. The van der Waals surface area contributed by atoms with Crippen molar-refractivity contribution < 1.29 is 19.4 Å². The van der Waals surface area contributed by atoms with Gasteiger partial charge in [0.15, 0.2) is 0 Å². The van der Waals surface area contributed by atoms with Crippen LogP contribution in [0.2, 0.25) is 0 Å². The van der Waals surface area contributed by atoms with E-state index in [-0.39, 0.29) is 17.8 Å². The van der Waals surface area contributed by atoms with E-state index < -0.39 is 33.0 Å². The van der Waals surface area contributed by atoms with Gasteiger partial charge in [-0.3, -0.25) is 34.7 Å². The van der Waals surface area contributed by atoms with E-state index in [0.29, 0.717) is 17.1 Å². The average Bonchev–Trinajstić information content (AvgIpc) is 2.79. The van der Waals surface area contributed by atoms with Crippen LogP contribution in [-0.4, -0.2) is 28.2 Å².